The van der Waals surface area contributed by atoms with Gasteiger partial charge in [0, 0.05) is 28.8 Å². The first-order valence-electron chi connectivity index (χ1n) is 11.6. The van der Waals surface area contributed by atoms with Crippen LogP contribution in [0.25, 0.3) is 23.0 Å². The minimum absolute atomic E-state index is 0.0233. The van der Waals surface area contributed by atoms with Crippen LogP contribution in [0.3, 0.4) is 0 Å². The largest absolute Gasteiger partial charge is 0.293 e. The highest BCUT2D eigenvalue weighted by atomic mass is 32.2. The van der Waals surface area contributed by atoms with Crippen molar-refractivity contribution in [3.05, 3.63) is 71.3 Å². The molecule has 0 unspecified atom stereocenters. The van der Waals surface area contributed by atoms with E-state index in [0.29, 0.717) is 21.7 Å². The average molecular weight is 508 g/mol. The second-order valence-electron chi connectivity index (χ2n) is 8.63. The lowest BCUT2D eigenvalue weighted by Gasteiger charge is -2.16. The molecule has 176 valence electrons. The van der Waals surface area contributed by atoms with E-state index in [1.54, 1.807) is 4.90 Å². The van der Waals surface area contributed by atoms with Crippen LogP contribution in [0.4, 0.5) is 0 Å². The van der Waals surface area contributed by atoms with Crippen LogP contribution in [0.2, 0.25) is 0 Å². The molecule has 0 spiro atoms. The molecule has 0 saturated carbocycles. The number of carbonyl (C=O) groups is 1. The zero-order chi connectivity index (χ0) is 24.1. The molecule has 0 aliphatic carbocycles. The highest BCUT2D eigenvalue weighted by Gasteiger charge is 2.32. The zero-order valence-electron chi connectivity index (χ0n) is 19.7. The maximum absolute atomic E-state index is 13.1. The predicted octanol–water partition coefficient (Wildman–Crippen LogP) is 7.29. The lowest BCUT2D eigenvalue weighted by molar-refractivity contribution is -0.122. The maximum Gasteiger partial charge on any atom is 0.266 e. The molecule has 0 radical (unpaired) electrons. The SMILES string of the molecule is CCCCSc1ccc(-c2nn(-c3ccccc3)cc2C=C2SC(=S)N(CC(C)C)C2=O)cc1. The summed E-state index contributed by atoms with van der Waals surface area (Å²) in [4.78, 5) is 16.7. The van der Waals surface area contributed by atoms with Crippen LogP contribution in [0.15, 0.2) is 70.6 Å². The number of aromatic nitrogens is 2. The van der Waals surface area contributed by atoms with E-state index < -0.39 is 0 Å². The molecule has 0 bridgehead atoms. The van der Waals surface area contributed by atoms with E-state index in [2.05, 4.69) is 45.0 Å². The molecule has 0 atom stereocenters. The van der Waals surface area contributed by atoms with Gasteiger partial charge in [-0.1, -0.05) is 81.5 Å². The van der Waals surface area contributed by atoms with E-state index in [4.69, 9.17) is 17.3 Å². The number of unbranched alkanes of at least 4 members (excludes halogenated alkanes) is 1. The molecule has 2 aromatic carbocycles. The Labute approximate surface area is 215 Å². The molecule has 34 heavy (non-hydrogen) atoms. The number of carbonyl (C=O) groups excluding carboxylic acids is 1. The second-order valence-corrected chi connectivity index (χ2v) is 11.5. The number of thioether (sulfide) groups is 2. The van der Waals surface area contributed by atoms with Crippen LogP contribution in [0, 0.1) is 5.92 Å². The number of thiocarbonyl (C=S) groups is 1. The fourth-order valence-corrected chi connectivity index (χ4v) is 5.90. The lowest BCUT2D eigenvalue weighted by atomic mass is 10.1. The van der Waals surface area contributed by atoms with E-state index >= 15 is 0 Å². The van der Waals surface area contributed by atoms with Crippen molar-refractivity contribution in [2.75, 3.05) is 12.3 Å². The number of hydrogen-bond acceptors (Lipinski definition) is 5. The van der Waals surface area contributed by atoms with Crippen molar-refractivity contribution in [2.45, 2.75) is 38.5 Å². The highest BCUT2D eigenvalue weighted by Crippen LogP contribution is 2.35. The van der Waals surface area contributed by atoms with Crippen molar-refractivity contribution in [2.24, 2.45) is 5.92 Å². The van der Waals surface area contributed by atoms with Gasteiger partial charge in [0.2, 0.25) is 0 Å². The van der Waals surface area contributed by atoms with Crippen LogP contribution in [-0.2, 0) is 4.79 Å². The van der Waals surface area contributed by atoms with Crippen LogP contribution in [0.5, 0.6) is 0 Å². The van der Waals surface area contributed by atoms with E-state index in [1.807, 2.05) is 59.0 Å². The Kier molecular flexibility index (Phi) is 8.29. The molecule has 1 fully saturated rings. The third-order valence-electron chi connectivity index (χ3n) is 5.37. The van der Waals surface area contributed by atoms with Gasteiger partial charge in [-0.3, -0.25) is 9.69 Å². The van der Waals surface area contributed by atoms with Gasteiger partial charge in [0.25, 0.3) is 5.91 Å². The average Bonchev–Trinajstić information content (AvgIpc) is 3.37. The summed E-state index contributed by atoms with van der Waals surface area (Å²) >= 11 is 8.75. The third kappa shape index (κ3) is 5.82. The summed E-state index contributed by atoms with van der Waals surface area (Å²) in [5.74, 6) is 1.46. The minimum Gasteiger partial charge on any atom is -0.293 e. The second kappa shape index (κ2) is 11.4. The smallest absolute Gasteiger partial charge is 0.266 e. The molecule has 1 aromatic heterocycles. The first kappa shape index (κ1) is 24.8. The Bertz CT molecular complexity index is 1180. The van der Waals surface area contributed by atoms with Crippen molar-refractivity contribution in [3.63, 3.8) is 0 Å². The van der Waals surface area contributed by atoms with Crippen LogP contribution < -0.4 is 0 Å². The number of para-hydroxylation sites is 1. The van der Waals surface area contributed by atoms with Gasteiger partial charge in [-0.05, 0) is 48.4 Å². The minimum atomic E-state index is -0.0233. The van der Waals surface area contributed by atoms with E-state index in [-0.39, 0.29) is 5.91 Å². The molecule has 4 rings (SSSR count). The maximum atomic E-state index is 13.1. The number of benzene rings is 2. The van der Waals surface area contributed by atoms with Crippen molar-refractivity contribution >= 4 is 52.0 Å². The Balaban J connectivity index is 1.69. The molecule has 4 nitrogen and oxygen atoms in total. The topological polar surface area (TPSA) is 38.1 Å². The highest BCUT2D eigenvalue weighted by molar-refractivity contribution is 8.26. The summed E-state index contributed by atoms with van der Waals surface area (Å²) in [7, 11) is 0. The Morgan fingerprint density at radius 1 is 1.12 bits per heavy atom. The van der Waals surface area contributed by atoms with Crippen LogP contribution in [-0.4, -0.2) is 37.2 Å². The predicted molar refractivity (Wildman–Crippen MR) is 149 cm³/mol. The normalized spacial score (nSPS) is 15.2. The molecule has 3 aromatic rings. The first-order valence-corrected chi connectivity index (χ1v) is 13.8. The molecule has 0 N–H and O–H groups in total. The van der Waals surface area contributed by atoms with Crippen molar-refractivity contribution in [1.82, 2.24) is 14.7 Å². The summed E-state index contributed by atoms with van der Waals surface area (Å²) in [6.07, 6.45) is 6.34. The van der Waals surface area contributed by atoms with Gasteiger partial charge in [-0.15, -0.1) is 11.8 Å². The molecule has 1 amide bonds. The fraction of sp³-hybridized carbons (Fsp3) is 0.296. The van der Waals surface area contributed by atoms with Crippen molar-refractivity contribution in [1.29, 1.82) is 0 Å². The van der Waals surface area contributed by atoms with Gasteiger partial charge in [0.05, 0.1) is 16.3 Å². The summed E-state index contributed by atoms with van der Waals surface area (Å²) in [6, 6.07) is 18.6. The standard InChI is InChI=1S/C27H29N3OS3/c1-4-5-15-33-23-13-11-20(12-14-23)25-21(18-30(28-25)22-9-7-6-8-10-22)16-24-26(31)29(17-19(2)3)27(32)34-24/h6-14,16,18-19H,4-5,15,17H2,1-3H3. The molecule has 1 saturated heterocycles. The molecule has 7 heteroatoms. The number of rotatable bonds is 9. The molecular weight excluding hydrogens is 479 g/mol. The Morgan fingerprint density at radius 2 is 1.85 bits per heavy atom. The van der Waals surface area contributed by atoms with Gasteiger partial charge < -0.3 is 0 Å². The third-order valence-corrected chi connectivity index (χ3v) is 7.84. The van der Waals surface area contributed by atoms with E-state index in [9.17, 15) is 4.79 Å². The molecule has 1 aliphatic rings. The summed E-state index contributed by atoms with van der Waals surface area (Å²) < 4.78 is 2.50. The summed E-state index contributed by atoms with van der Waals surface area (Å²) in [5, 5.41) is 4.91. The summed E-state index contributed by atoms with van der Waals surface area (Å²) in [6.45, 7) is 7.03. The van der Waals surface area contributed by atoms with Crippen LogP contribution >= 0.6 is 35.7 Å². The first-order chi connectivity index (χ1) is 16.5. The molecule has 1 aliphatic heterocycles. The Morgan fingerprint density at radius 3 is 2.53 bits per heavy atom. The monoisotopic (exact) mass is 507 g/mol. The van der Waals surface area contributed by atoms with E-state index in [1.165, 1.54) is 29.5 Å². The van der Waals surface area contributed by atoms with Crippen molar-refractivity contribution in [3.8, 4) is 16.9 Å². The van der Waals surface area contributed by atoms with Gasteiger partial charge in [-0.2, -0.15) is 5.10 Å². The number of hydrogen-bond donors (Lipinski definition) is 0. The van der Waals surface area contributed by atoms with Gasteiger partial charge >= 0.3 is 0 Å². The van der Waals surface area contributed by atoms with Gasteiger partial charge in [0.15, 0.2) is 0 Å². The van der Waals surface area contributed by atoms with Crippen molar-refractivity contribution < 1.29 is 4.79 Å². The molecular formula is C27H29N3OS3. The number of nitrogens with zero attached hydrogens (tertiary/aromatic N) is 3. The van der Waals surface area contributed by atoms with E-state index in [0.717, 1.165) is 28.3 Å². The lowest BCUT2D eigenvalue weighted by Crippen LogP contribution is -2.31. The molecule has 2 heterocycles. The van der Waals surface area contributed by atoms with Gasteiger partial charge in [0.1, 0.15) is 4.32 Å². The number of amides is 1. The summed E-state index contributed by atoms with van der Waals surface area (Å²) in [5.41, 5.74) is 3.75. The quantitative estimate of drug-likeness (QED) is 0.132. The Hall–Kier alpha value is -2.35. The van der Waals surface area contributed by atoms with Gasteiger partial charge in [-0.25, -0.2) is 4.68 Å². The fourth-order valence-electron chi connectivity index (χ4n) is 3.64. The zero-order valence-corrected chi connectivity index (χ0v) is 22.2. The van der Waals surface area contributed by atoms with Crippen LogP contribution in [0.1, 0.15) is 39.2 Å².